The summed E-state index contributed by atoms with van der Waals surface area (Å²) < 4.78 is 2.13. The first-order chi connectivity index (χ1) is 9.21. The molecule has 0 fully saturated rings. The van der Waals surface area contributed by atoms with E-state index < -0.39 is 0 Å². The molecular weight excluding hydrogens is 234 g/mol. The van der Waals surface area contributed by atoms with Gasteiger partial charge < -0.3 is 5.73 Å². The molecule has 1 aromatic carbocycles. The molecule has 0 bridgehead atoms. The van der Waals surface area contributed by atoms with E-state index in [0.29, 0.717) is 6.54 Å². The van der Waals surface area contributed by atoms with Crippen LogP contribution in [0.2, 0.25) is 0 Å². The molecule has 19 heavy (non-hydrogen) atoms. The Labute approximate surface area is 115 Å². The number of benzene rings is 1. The molecule has 0 unspecified atom stereocenters. The molecule has 0 aliphatic rings. The Hall–Kier alpha value is -1.61. The largest absolute Gasteiger partial charge is 0.326 e. The molecule has 1 heterocycles. The van der Waals surface area contributed by atoms with Crippen molar-refractivity contribution in [2.24, 2.45) is 5.73 Å². The topological polar surface area (TPSA) is 43.8 Å². The molecule has 102 valence electrons. The van der Waals surface area contributed by atoms with E-state index in [4.69, 9.17) is 10.8 Å². The SMILES string of the molecule is CCc1nn(Cc2ccccc2C)c(CC)c1CN. The van der Waals surface area contributed by atoms with E-state index in [-0.39, 0.29) is 0 Å². The van der Waals surface area contributed by atoms with E-state index in [1.807, 2.05) is 0 Å². The van der Waals surface area contributed by atoms with Crippen molar-refractivity contribution in [1.29, 1.82) is 0 Å². The summed E-state index contributed by atoms with van der Waals surface area (Å²) in [5.41, 5.74) is 12.2. The van der Waals surface area contributed by atoms with E-state index in [0.717, 1.165) is 25.1 Å². The van der Waals surface area contributed by atoms with Crippen LogP contribution < -0.4 is 5.73 Å². The van der Waals surface area contributed by atoms with Gasteiger partial charge >= 0.3 is 0 Å². The van der Waals surface area contributed by atoms with Crippen molar-refractivity contribution < 1.29 is 0 Å². The maximum atomic E-state index is 5.89. The minimum atomic E-state index is 0.583. The highest BCUT2D eigenvalue weighted by atomic mass is 15.3. The molecule has 0 amide bonds. The first kappa shape index (κ1) is 13.8. The van der Waals surface area contributed by atoms with Crippen LogP contribution >= 0.6 is 0 Å². The highest BCUT2D eigenvalue weighted by Gasteiger charge is 2.14. The molecule has 2 aromatic rings. The van der Waals surface area contributed by atoms with Crippen molar-refractivity contribution >= 4 is 0 Å². The number of hydrogen-bond donors (Lipinski definition) is 1. The molecule has 0 spiro atoms. The lowest BCUT2D eigenvalue weighted by Crippen LogP contribution is -2.08. The minimum absolute atomic E-state index is 0.583. The molecule has 0 atom stereocenters. The molecule has 2 N–H and O–H groups in total. The van der Waals surface area contributed by atoms with Gasteiger partial charge in [-0.15, -0.1) is 0 Å². The van der Waals surface area contributed by atoms with Gasteiger partial charge in [0.05, 0.1) is 12.2 Å². The van der Waals surface area contributed by atoms with Crippen LogP contribution in [0.1, 0.15) is 41.9 Å². The highest BCUT2D eigenvalue weighted by molar-refractivity contribution is 5.30. The summed E-state index contributed by atoms with van der Waals surface area (Å²) in [6.07, 6.45) is 1.92. The fourth-order valence-electron chi connectivity index (χ4n) is 2.58. The van der Waals surface area contributed by atoms with Crippen LogP contribution in [0.25, 0.3) is 0 Å². The van der Waals surface area contributed by atoms with Crippen LogP contribution in [-0.4, -0.2) is 9.78 Å². The summed E-state index contributed by atoms with van der Waals surface area (Å²) in [5, 5.41) is 4.74. The fourth-order valence-corrected chi connectivity index (χ4v) is 2.58. The molecule has 0 radical (unpaired) electrons. The molecular formula is C16H23N3. The van der Waals surface area contributed by atoms with Crippen LogP contribution in [-0.2, 0) is 25.9 Å². The Morgan fingerprint density at radius 1 is 1.16 bits per heavy atom. The predicted molar refractivity (Wildman–Crippen MR) is 79.2 cm³/mol. The van der Waals surface area contributed by atoms with Crippen molar-refractivity contribution in [3.63, 3.8) is 0 Å². The Balaban J connectivity index is 2.40. The van der Waals surface area contributed by atoms with Crippen molar-refractivity contribution in [3.8, 4) is 0 Å². The van der Waals surface area contributed by atoms with Gasteiger partial charge in [-0.3, -0.25) is 4.68 Å². The third-order valence-corrected chi connectivity index (χ3v) is 3.70. The third kappa shape index (κ3) is 2.71. The van der Waals surface area contributed by atoms with E-state index >= 15 is 0 Å². The first-order valence-electron chi connectivity index (χ1n) is 7.03. The van der Waals surface area contributed by atoms with Gasteiger partial charge in [0, 0.05) is 17.8 Å². The number of hydrogen-bond acceptors (Lipinski definition) is 2. The number of aryl methyl sites for hydroxylation is 2. The number of aromatic nitrogens is 2. The molecule has 3 heteroatoms. The summed E-state index contributed by atoms with van der Waals surface area (Å²) in [6, 6.07) is 8.48. The normalized spacial score (nSPS) is 10.9. The van der Waals surface area contributed by atoms with Crippen molar-refractivity contribution in [3.05, 3.63) is 52.3 Å². The van der Waals surface area contributed by atoms with Gasteiger partial charge in [0.25, 0.3) is 0 Å². The smallest absolute Gasteiger partial charge is 0.0669 e. The zero-order chi connectivity index (χ0) is 13.8. The van der Waals surface area contributed by atoms with E-state index in [2.05, 4.69) is 49.7 Å². The Bertz CT molecular complexity index is 555. The predicted octanol–water partition coefficient (Wildman–Crippen LogP) is 2.82. The van der Waals surface area contributed by atoms with E-state index in [9.17, 15) is 0 Å². The Morgan fingerprint density at radius 2 is 1.89 bits per heavy atom. The molecule has 3 nitrogen and oxygen atoms in total. The summed E-state index contributed by atoms with van der Waals surface area (Å²) in [4.78, 5) is 0. The fraction of sp³-hybridized carbons (Fsp3) is 0.438. The number of rotatable bonds is 5. The van der Waals surface area contributed by atoms with Gasteiger partial charge in [0.2, 0.25) is 0 Å². The molecule has 2 rings (SSSR count). The second-order valence-corrected chi connectivity index (χ2v) is 4.87. The highest BCUT2D eigenvalue weighted by Crippen LogP contribution is 2.18. The summed E-state index contributed by atoms with van der Waals surface area (Å²) in [6.45, 7) is 7.88. The standard InChI is InChI=1S/C16H23N3/c1-4-15-14(10-17)16(5-2)19(18-15)11-13-9-7-6-8-12(13)3/h6-9H,4-5,10-11,17H2,1-3H3. The average molecular weight is 257 g/mol. The quantitative estimate of drug-likeness (QED) is 0.895. The number of nitrogens with zero attached hydrogens (tertiary/aromatic N) is 2. The summed E-state index contributed by atoms with van der Waals surface area (Å²) in [7, 11) is 0. The van der Waals surface area contributed by atoms with Gasteiger partial charge in [-0.25, -0.2) is 0 Å². The van der Waals surface area contributed by atoms with Crippen molar-refractivity contribution in [1.82, 2.24) is 9.78 Å². The zero-order valence-electron chi connectivity index (χ0n) is 12.1. The molecule has 0 saturated carbocycles. The van der Waals surface area contributed by atoms with Gasteiger partial charge in [-0.05, 0) is 30.9 Å². The van der Waals surface area contributed by atoms with Crippen LogP contribution in [0, 0.1) is 6.92 Å². The average Bonchev–Trinajstić information content (AvgIpc) is 2.78. The van der Waals surface area contributed by atoms with Gasteiger partial charge in [-0.1, -0.05) is 38.1 Å². The monoisotopic (exact) mass is 257 g/mol. The second-order valence-electron chi connectivity index (χ2n) is 4.87. The summed E-state index contributed by atoms with van der Waals surface area (Å²) in [5.74, 6) is 0. The van der Waals surface area contributed by atoms with E-state index in [1.165, 1.54) is 22.4 Å². The molecule has 0 saturated heterocycles. The van der Waals surface area contributed by atoms with Crippen molar-refractivity contribution in [2.45, 2.75) is 46.7 Å². The maximum absolute atomic E-state index is 5.89. The molecule has 1 aromatic heterocycles. The van der Waals surface area contributed by atoms with Gasteiger partial charge in [-0.2, -0.15) is 5.10 Å². The van der Waals surface area contributed by atoms with Crippen molar-refractivity contribution in [2.75, 3.05) is 0 Å². The lowest BCUT2D eigenvalue weighted by Gasteiger charge is -2.09. The van der Waals surface area contributed by atoms with Gasteiger partial charge in [0.1, 0.15) is 0 Å². The van der Waals surface area contributed by atoms with Crippen LogP contribution in [0.4, 0.5) is 0 Å². The second kappa shape index (κ2) is 6.02. The molecule has 0 aliphatic carbocycles. The molecule has 0 aliphatic heterocycles. The Kier molecular flexibility index (Phi) is 4.38. The zero-order valence-corrected chi connectivity index (χ0v) is 12.1. The third-order valence-electron chi connectivity index (χ3n) is 3.70. The summed E-state index contributed by atoms with van der Waals surface area (Å²) >= 11 is 0. The van der Waals surface area contributed by atoms with Crippen LogP contribution in [0.3, 0.4) is 0 Å². The van der Waals surface area contributed by atoms with E-state index in [1.54, 1.807) is 0 Å². The Morgan fingerprint density at radius 3 is 2.47 bits per heavy atom. The maximum Gasteiger partial charge on any atom is 0.0669 e. The van der Waals surface area contributed by atoms with Gasteiger partial charge in [0.15, 0.2) is 0 Å². The number of nitrogens with two attached hydrogens (primary N) is 1. The van der Waals surface area contributed by atoms with Crippen LogP contribution in [0.15, 0.2) is 24.3 Å². The van der Waals surface area contributed by atoms with Crippen LogP contribution in [0.5, 0.6) is 0 Å². The minimum Gasteiger partial charge on any atom is -0.326 e. The first-order valence-corrected chi connectivity index (χ1v) is 7.03. The lowest BCUT2D eigenvalue weighted by atomic mass is 10.1. The lowest BCUT2D eigenvalue weighted by molar-refractivity contribution is 0.637.